The Bertz CT molecular complexity index is 1090. The van der Waals surface area contributed by atoms with Gasteiger partial charge in [-0.25, -0.2) is 9.38 Å². The van der Waals surface area contributed by atoms with Crippen molar-refractivity contribution in [2.75, 3.05) is 20.8 Å². The molecular formula is C26H30F3N3O3. The number of nitrogens with two attached hydrogens (primary N) is 1. The van der Waals surface area contributed by atoms with Gasteiger partial charge in [-0.2, -0.15) is 8.78 Å². The molecule has 2 N–H and O–H groups in total. The smallest absolute Gasteiger partial charge is 0.387 e. The van der Waals surface area contributed by atoms with Crippen LogP contribution in [-0.4, -0.2) is 44.1 Å². The summed E-state index contributed by atoms with van der Waals surface area (Å²) < 4.78 is 46.8. The van der Waals surface area contributed by atoms with Crippen molar-refractivity contribution in [2.24, 2.45) is 10.7 Å². The number of aliphatic imine (C=N–C) groups is 1. The number of carbonyl (C=O) groups excluding carboxylic acids is 1. The van der Waals surface area contributed by atoms with E-state index in [4.69, 9.17) is 10.5 Å². The summed E-state index contributed by atoms with van der Waals surface area (Å²) in [6.07, 6.45) is 2.17. The Labute approximate surface area is 203 Å². The van der Waals surface area contributed by atoms with Crippen molar-refractivity contribution >= 4 is 11.9 Å². The van der Waals surface area contributed by atoms with E-state index in [1.165, 1.54) is 30.2 Å². The fourth-order valence-electron chi connectivity index (χ4n) is 3.22. The maximum absolute atomic E-state index is 13.6. The lowest BCUT2D eigenvalue weighted by molar-refractivity contribution is -0.126. The second kappa shape index (κ2) is 13.4. The first-order chi connectivity index (χ1) is 16.8. The molecule has 0 unspecified atom stereocenters. The number of likely N-dealkylation sites (N-methyl/N-ethyl adjacent to an activating group) is 1. The van der Waals surface area contributed by atoms with Crippen molar-refractivity contribution in [3.8, 4) is 17.6 Å². The molecule has 2 aromatic rings. The van der Waals surface area contributed by atoms with Crippen LogP contribution in [0.3, 0.4) is 0 Å². The van der Waals surface area contributed by atoms with Crippen LogP contribution in [-0.2, 0) is 9.53 Å². The Kier molecular flexibility index (Phi) is 10.6. The first-order valence-corrected chi connectivity index (χ1v) is 11.2. The minimum Gasteiger partial charge on any atom is -0.435 e. The summed E-state index contributed by atoms with van der Waals surface area (Å²) in [6, 6.07) is 10.6. The van der Waals surface area contributed by atoms with Crippen LogP contribution in [0, 0.1) is 17.7 Å². The van der Waals surface area contributed by atoms with Gasteiger partial charge < -0.3 is 15.2 Å². The molecule has 1 atom stereocenters. The number of rotatable bonds is 5. The molecule has 6 nitrogen and oxygen atoms in total. The highest BCUT2D eigenvalue weighted by molar-refractivity contribution is 6.04. The number of carbonyl (C=O) groups is 1. The van der Waals surface area contributed by atoms with Crippen LogP contribution in [0.2, 0.25) is 0 Å². The Hall–Kier alpha value is -3.51. The Morgan fingerprint density at radius 1 is 1.20 bits per heavy atom. The number of guanidine groups is 1. The van der Waals surface area contributed by atoms with Crippen molar-refractivity contribution in [1.82, 2.24) is 4.90 Å². The van der Waals surface area contributed by atoms with Crippen LogP contribution in [0.1, 0.15) is 55.3 Å². The van der Waals surface area contributed by atoms with Gasteiger partial charge in [-0.3, -0.25) is 9.69 Å². The van der Waals surface area contributed by atoms with Crippen LogP contribution < -0.4 is 10.5 Å². The summed E-state index contributed by atoms with van der Waals surface area (Å²) in [4.78, 5) is 17.3. The van der Waals surface area contributed by atoms with E-state index in [1.807, 2.05) is 26.0 Å². The van der Waals surface area contributed by atoms with E-state index in [1.54, 1.807) is 19.2 Å². The number of benzene rings is 2. The molecule has 1 amide bonds. The summed E-state index contributed by atoms with van der Waals surface area (Å²) >= 11 is 0. The van der Waals surface area contributed by atoms with Crippen LogP contribution in [0.15, 0.2) is 47.5 Å². The maximum atomic E-state index is 13.6. The molecule has 35 heavy (non-hydrogen) atoms. The zero-order valence-electron chi connectivity index (χ0n) is 20.2. The molecule has 1 aliphatic carbocycles. The highest BCUT2D eigenvalue weighted by Crippen LogP contribution is 2.44. The van der Waals surface area contributed by atoms with Gasteiger partial charge >= 0.3 is 6.61 Å². The van der Waals surface area contributed by atoms with Gasteiger partial charge in [0.2, 0.25) is 0 Å². The molecule has 2 aliphatic rings. The zero-order chi connectivity index (χ0) is 26.0. The van der Waals surface area contributed by atoms with E-state index >= 15 is 0 Å². The number of methoxy groups -OCH3 is 1. The fraction of sp³-hybridized carbons (Fsp3) is 0.385. The van der Waals surface area contributed by atoms with Crippen molar-refractivity contribution in [3.63, 3.8) is 0 Å². The predicted octanol–water partition coefficient (Wildman–Crippen LogP) is 4.84. The normalized spacial score (nSPS) is 16.3. The van der Waals surface area contributed by atoms with Crippen LogP contribution in [0.25, 0.3) is 0 Å². The van der Waals surface area contributed by atoms with Gasteiger partial charge in [0.25, 0.3) is 5.91 Å². The van der Waals surface area contributed by atoms with E-state index in [2.05, 4.69) is 21.6 Å². The van der Waals surface area contributed by atoms with Gasteiger partial charge in [-0.15, -0.1) is 0 Å². The lowest BCUT2D eigenvalue weighted by atomic mass is 10.0. The predicted molar refractivity (Wildman–Crippen MR) is 129 cm³/mol. The molecule has 9 heteroatoms. The van der Waals surface area contributed by atoms with Gasteiger partial charge in [0.15, 0.2) is 12.0 Å². The quantitative estimate of drug-likeness (QED) is 0.610. The van der Waals surface area contributed by atoms with E-state index in [0.29, 0.717) is 17.2 Å². The highest BCUT2D eigenvalue weighted by Gasteiger charge is 2.32. The minimum absolute atomic E-state index is 0.149. The molecule has 4 rings (SSSR count). The third-order valence-electron chi connectivity index (χ3n) is 5.07. The van der Waals surface area contributed by atoms with Gasteiger partial charge in [-0.05, 0) is 48.1 Å². The topological polar surface area (TPSA) is 77.2 Å². The summed E-state index contributed by atoms with van der Waals surface area (Å²) in [7, 11) is 3.05. The SMILES string of the molecule is CC.COCC#Cc1cc([C@H]2N=C(N)N(C)C2=O)ccc1F.FC(F)Oc1ccccc1C1CC1. The number of nitrogens with zero attached hydrogens (tertiary/aromatic N) is 2. The first-order valence-electron chi connectivity index (χ1n) is 11.2. The molecular weight excluding hydrogens is 459 g/mol. The number of hydrogen-bond donors (Lipinski definition) is 1. The summed E-state index contributed by atoms with van der Waals surface area (Å²) in [5, 5.41) is 0. The molecule has 0 aromatic heterocycles. The van der Waals surface area contributed by atoms with E-state index in [9.17, 15) is 18.0 Å². The lowest BCUT2D eigenvalue weighted by Gasteiger charge is -2.10. The van der Waals surface area contributed by atoms with Crippen molar-refractivity contribution in [3.05, 3.63) is 65.0 Å². The first kappa shape index (κ1) is 27.7. The molecule has 1 fully saturated rings. The molecule has 2 aromatic carbocycles. The largest absolute Gasteiger partial charge is 0.435 e. The number of hydrogen-bond acceptors (Lipinski definition) is 5. The Morgan fingerprint density at radius 2 is 1.89 bits per heavy atom. The average molecular weight is 490 g/mol. The number of amides is 1. The monoisotopic (exact) mass is 489 g/mol. The number of halogens is 3. The molecule has 1 saturated carbocycles. The van der Waals surface area contributed by atoms with E-state index in [-0.39, 0.29) is 24.0 Å². The van der Waals surface area contributed by atoms with E-state index in [0.717, 1.165) is 18.4 Å². The van der Waals surface area contributed by atoms with Crippen LogP contribution in [0.5, 0.6) is 5.75 Å². The Morgan fingerprint density at radius 3 is 2.46 bits per heavy atom. The molecule has 0 bridgehead atoms. The molecule has 0 spiro atoms. The second-order valence-corrected chi connectivity index (χ2v) is 7.45. The average Bonchev–Trinajstić information content (AvgIpc) is 3.66. The molecule has 0 radical (unpaired) electrons. The number of alkyl halides is 2. The maximum Gasteiger partial charge on any atom is 0.387 e. The minimum atomic E-state index is -2.72. The van der Waals surface area contributed by atoms with Gasteiger partial charge in [0.1, 0.15) is 18.2 Å². The van der Waals surface area contributed by atoms with Gasteiger partial charge in [0.05, 0.1) is 5.56 Å². The van der Waals surface area contributed by atoms with Gasteiger partial charge in [0, 0.05) is 14.2 Å². The number of ether oxygens (including phenoxy) is 2. The number of para-hydroxylation sites is 1. The molecule has 1 heterocycles. The van der Waals surface area contributed by atoms with Crippen LogP contribution in [0.4, 0.5) is 13.2 Å². The zero-order valence-corrected chi connectivity index (χ0v) is 20.2. The summed E-state index contributed by atoms with van der Waals surface area (Å²) in [6.45, 7) is 1.49. The summed E-state index contributed by atoms with van der Waals surface area (Å²) in [5.74, 6) is 5.56. The molecule has 188 valence electrons. The van der Waals surface area contributed by atoms with Crippen molar-refractivity contribution < 1.29 is 27.4 Å². The second-order valence-electron chi connectivity index (χ2n) is 7.45. The van der Waals surface area contributed by atoms with Crippen molar-refractivity contribution in [1.29, 1.82) is 0 Å². The highest BCUT2D eigenvalue weighted by atomic mass is 19.3. The third kappa shape index (κ3) is 7.76. The molecule has 0 saturated heterocycles. The van der Waals surface area contributed by atoms with Gasteiger partial charge in [-0.1, -0.05) is 50.0 Å². The van der Waals surface area contributed by atoms with Crippen molar-refractivity contribution in [2.45, 2.75) is 45.3 Å². The Balaban J connectivity index is 0.000000248. The lowest BCUT2D eigenvalue weighted by Crippen LogP contribution is -2.34. The third-order valence-corrected chi connectivity index (χ3v) is 5.07. The van der Waals surface area contributed by atoms with Crippen LogP contribution >= 0.6 is 0 Å². The standard InChI is InChI=1S/C14H14FN3O2.C10H10F2O.C2H6/c1-18-13(19)12(17-14(18)16)10-5-6-11(15)9(8-10)4-3-7-20-2;11-10(12)13-9-4-2-1-3-8(9)7-5-6-7;1-2/h5-6,8,12H,7H2,1-2H3,(H2,16,17);1-4,7,10H,5-6H2;1-2H3/t12-;;/m1../s1. The summed E-state index contributed by atoms with van der Waals surface area (Å²) in [5.41, 5.74) is 7.28. The molecule has 1 aliphatic heterocycles. The van der Waals surface area contributed by atoms with E-state index < -0.39 is 18.5 Å². The fourth-order valence-corrected chi connectivity index (χ4v) is 3.22.